The molecule has 3 nitrogen and oxygen atoms in total. The monoisotopic (exact) mass is 312 g/mol. The van der Waals surface area contributed by atoms with Crippen LogP contribution in [-0.2, 0) is 0 Å². The van der Waals surface area contributed by atoms with Gasteiger partial charge in [-0.2, -0.15) is 0 Å². The molecule has 22 heavy (non-hydrogen) atoms. The number of aryl methyl sites for hydroxylation is 1. The summed E-state index contributed by atoms with van der Waals surface area (Å²) in [6.07, 6.45) is 2.13. The third kappa shape index (κ3) is 2.83. The standard InChI is InChI=1S/C18H20N2OS/c1-4-5-8-20(3)18(21)16-11-14-10-13-7-6-12(2)9-15(13)19-17(14)22-16/h6-7,9-11H,4-5,8H2,1-3H3. The van der Waals surface area contributed by atoms with Crippen LogP contribution in [0.3, 0.4) is 0 Å². The number of nitrogens with zero attached hydrogens (tertiary/aromatic N) is 2. The minimum Gasteiger partial charge on any atom is -0.341 e. The van der Waals surface area contributed by atoms with Crippen molar-refractivity contribution in [3.05, 3.63) is 40.8 Å². The molecule has 0 N–H and O–H groups in total. The lowest BCUT2D eigenvalue weighted by Gasteiger charge is -2.15. The molecule has 0 bridgehead atoms. The summed E-state index contributed by atoms with van der Waals surface area (Å²) in [5.41, 5.74) is 2.19. The minimum atomic E-state index is 0.0942. The van der Waals surface area contributed by atoms with Gasteiger partial charge in [-0.1, -0.05) is 25.5 Å². The number of unbranched alkanes of at least 4 members (excludes halogenated alkanes) is 1. The average molecular weight is 312 g/mol. The zero-order valence-corrected chi connectivity index (χ0v) is 14.0. The first-order valence-corrected chi connectivity index (χ1v) is 8.46. The van der Waals surface area contributed by atoms with Crippen molar-refractivity contribution in [3.8, 4) is 0 Å². The number of fused-ring (bicyclic) bond motifs is 2. The minimum absolute atomic E-state index is 0.0942. The highest BCUT2D eigenvalue weighted by Crippen LogP contribution is 2.28. The summed E-state index contributed by atoms with van der Waals surface area (Å²) in [6.45, 7) is 5.00. The highest BCUT2D eigenvalue weighted by molar-refractivity contribution is 7.20. The van der Waals surface area contributed by atoms with Gasteiger partial charge in [-0.25, -0.2) is 4.98 Å². The van der Waals surface area contributed by atoms with Crippen LogP contribution in [0.15, 0.2) is 30.3 Å². The molecule has 0 saturated heterocycles. The van der Waals surface area contributed by atoms with E-state index in [1.54, 1.807) is 4.90 Å². The maximum atomic E-state index is 12.5. The molecule has 0 fully saturated rings. The fraction of sp³-hybridized carbons (Fsp3) is 0.333. The maximum Gasteiger partial charge on any atom is 0.263 e. The zero-order valence-electron chi connectivity index (χ0n) is 13.2. The Morgan fingerprint density at radius 2 is 2.05 bits per heavy atom. The van der Waals surface area contributed by atoms with Gasteiger partial charge in [0.2, 0.25) is 0 Å². The average Bonchev–Trinajstić information content (AvgIpc) is 2.92. The number of carbonyl (C=O) groups excluding carboxylic acids is 1. The molecule has 0 spiro atoms. The lowest BCUT2D eigenvalue weighted by Crippen LogP contribution is -2.26. The Morgan fingerprint density at radius 1 is 1.23 bits per heavy atom. The second-order valence-corrected chi connectivity index (χ2v) is 6.80. The van der Waals surface area contributed by atoms with E-state index >= 15 is 0 Å². The highest BCUT2D eigenvalue weighted by atomic mass is 32.1. The Morgan fingerprint density at radius 3 is 2.82 bits per heavy atom. The third-order valence-electron chi connectivity index (χ3n) is 3.86. The highest BCUT2D eigenvalue weighted by Gasteiger charge is 2.15. The normalized spacial score (nSPS) is 11.2. The molecule has 2 aromatic heterocycles. The number of pyridine rings is 1. The van der Waals surface area contributed by atoms with Crippen LogP contribution in [0, 0.1) is 6.92 Å². The maximum absolute atomic E-state index is 12.5. The zero-order chi connectivity index (χ0) is 15.7. The summed E-state index contributed by atoms with van der Waals surface area (Å²) >= 11 is 1.49. The van der Waals surface area contributed by atoms with Gasteiger partial charge >= 0.3 is 0 Å². The Labute approximate surface area is 134 Å². The van der Waals surface area contributed by atoms with Crippen LogP contribution in [-0.4, -0.2) is 29.4 Å². The van der Waals surface area contributed by atoms with E-state index in [4.69, 9.17) is 4.98 Å². The Kier molecular flexibility index (Phi) is 4.12. The first-order chi connectivity index (χ1) is 10.6. The summed E-state index contributed by atoms with van der Waals surface area (Å²) in [5, 5.41) is 2.17. The molecule has 1 amide bonds. The summed E-state index contributed by atoms with van der Waals surface area (Å²) in [5.74, 6) is 0.0942. The van der Waals surface area contributed by atoms with Gasteiger partial charge in [0.15, 0.2) is 0 Å². The molecule has 3 rings (SSSR count). The van der Waals surface area contributed by atoms with Crippen molar-refractivity contribution in [2.24, 2.45) is 0 Å². The van der Waals surface area contributed by atoms with Crippen molar-refractivity contribution in [3.63, 3.8) is 0 Å². The first kappa shape index (κ1) is 15.0. The molecule has 1 aromatic carbocycles. The topological polar surface area (TPSA) is 33.2 Å². The third-order valence-corrected chi connectivity index (χ3v) is 4.90. The van der Waals surface area contributed by atoms with Crippen LogP contribution in [0.2, 0.25) is 0 Å². The molecule has 3 aromatic rings. The van der Waals surface area contributed by atoms with Crippen molar-refractivity contribution >= 4 is 38.4 Å². The van der Waals surface area contributed by atoms with E-state index in [2.05, 4.69) is 38.1 Å². The van der Waals surface area contributed by atoms with Gasteiger partial charge in [-0.15, -0.1) is 11.3 Å². The fourth-order valence-corrected chi connectivity index (χ4v) is 3.54. The van der Waals surface area contributed by atoms with E-state index in [1.165, 1.54) is 16.9 Å². The van der Waals surface area contributed by atoms with Crippen LogP contribution < -0.4 is 0 Å². The molecule has 4 heteroatoms. The number of thiophene rings is 1. The molecule has 0 unspecified atom stereocenters. The van der Waals surface area contributed by atoms with E-state index in [0.717, 1.165) is 45.4 Å². The van der Waals surface area contributed by atoms with Gasteiger partial charge in [-0.3, -0.25) is 4.79 Å². The van der Waals surface area contributed by atoms with Crippen LogP contribution in [0.25, 0.3) is 21.1 Å². The van der Waals surface area contributed by atoms with Crippen molar-refractivity contribution in [2.75, 3.05) is 13.6 Å². The van der Waals surface area contributed by atoms with E-state index in [9.17, 15) is 4.79 Å². The van der Waals surface area contributed by atoms with Crippen molar-refractivity contribution < 1.29 is 4.79 Å². The van der Waals surface area contributed by atoms with Crippen molar-refractivity contribution in [2.45, 2.75) is 26.7 Å². The predicted molar refractivity (Wildman–Crippen MR) is 93.7 cm³/mol. The van der Waals surface area contributed by atoms with Crippen LogP contribution >= 0.6 is 11.3 Å². The number of rotatable bonds is 4. The second kappa shape index (κ2) is 6.05. The summed E-state index contributed by atoms with van der Waals surface area (Å²) in [4.78, 5) is 20.7. The Hall–Kier alpha value is -1.94. The van der Waals surface area contributed by atoms with Crippen molar-refractivity contribution in [1.82, 2.24) is 9.88 Å². The van der Waals surface area contributed by atoms with Crippen LogP contribution in [0.5, 0.6) is 0 Å². The molecule has 0 aliphatic heterocycles. The van der Waals surface area contributed by atoms with Crippen LogP contribution in [0.1, 0.15) is 35.0 Å². The molecule has 0 aliphatic rings. The van der Waals surface area contributed by atoms with Gasteiger partial charge in [-0.05, 0) is 37.1 Å². The van der Waals surface area contributed by atoms with Gasteiger partial charge in [0.05, 0.1) is 10.4 Å². The lowest BCUT2D eigenvalue weighted by atomic mass is 10.1. The number of hydrogen-bond acceptors (Lipinski definition) is 3. The first-order valence-electron chi connectivity index (χ1n) is 7.65. The van der Waals surface area contributed by atoms with E-state index in [-0.39, 0.29) is 5.91 Å². The van der Waals surface area contributed by atoms with Crippen molar-refractivity contribution in [1.29, 1.82) is 0 Å². The second-order valence-electron chi connectivity index (χ2n) is 5.77. The van der Waals surface area contributed by atoms with E-state index < -0.39 is 0 Å². The number of aromatic nitrogens is 1. The number of amides is 1. The molecule has 0 radical (unpaired) electrons. The van der Waals surface area contributed by atoms with E-state index in [0.29, 0.717) is 0 Å². The lowest BCUT2D eigenvalue weighted by molar-refractivity contribution is 0.0798. The Bertz CT molecular complexity index is 838. The smallest absolute Gasteiger partial charge is 0.263 e. The van der Waals surface area contributed by atoms with Gasteiger partial charge in [0.25, 0.3) is 5.91 Å². The molecule has 0 saturated carbocycles. The fourth-order valence-electron chi connectivity index (χ4n) is 2.53. The van der Waals surface area contributed by atoms with E-state index in [1.807, 2.05) is 13.1 Å². The van der Waals surface area contributed by atoms with Crippen LogP contribution in [0.4, 0.5) is 0 Å². The predicted octanol–water partition coefficient (Wildman–Crippen LogP) is 4.63. The van der Waals surface area contributed by atoms with Gasteiger partial charge in [0.1, 0.15) is 4.83 Å². The SMILES string of the molecule is CCCCN(C)C(=O)c1cc2cc3ccc(C)cc3nc2s1. The molecule has 2 heterocycles. The molecule has 0 atom stereocenters. The summed E-state index contributed by atoms with van der Waals surface area (Å²) in [6, 6.07) is 10.4. The summed E-state index contributed by atoms with van der Waals surface area (Å²) < 4.78 is 0. The summed E-state index contributed by atoms with van der Waals surface area (Å²) in [7, 11) is 1.87. The number of benzene rings is 1. The number of carbonyl (C=O) groups is 1. The molecule has 0 aliphatic carbocycles. The number of hydrogen-bond donors (Lipinski definition) is 0. The molecular formula is C18H20N2OS. The van der Waals surface area contributed by atoms with Gasteiger partial charge in [0, 0.05) is 24.4 Å². The van der Waals surface area contributed by atoms with Gasteiger partial charge < -0.3 is 4.90 Å². The molecular weight excluding hydrogens is 292 g/mol. The quantitative estimate of drug-likeness (QED) is 0.703. The molecule has 114 valence electrons. The largest absolute Gasteiger partial charge is 0.341 e. The Balaban J connectivity index is 1.98.